The van der Waals surface area contributed by atoms with Crippen LogP contribution in [0.3, 0.4) is 0 Å². The molecule has 2 fully saturated rings. The minimum absolute atomic E-state index is 0.0992. The van der Waals surface area contributed by atoms with Crippen LogP contribution in [0.2, 0.25) is 0 Å². The zero-order valence-corrected chi connectivity index (χ0v) is 16.2. The molecule has 2 aliphatic heterocycles. The van der Waals surface area contributed by atoms with Crippen molar-refractivity contribution < 1.29 is 9.53 Å². The zero-order valence-electron chi connectivity index (χ0n) is 14.6. The van der Waals surface area contributed by atoms with Crippen LogP contribution in [0.1, 0.15) is 39.5 Å². The summed E-state index contributed by atoms with van der Waals surface area (Å²) in [7, 11) is 0. The van der Waals surface area contributed by atoms with Crippen LogP contribution in [0.15, 0.2) is 28.7 Å². The summed E-state index contributed by atoms with van der Waals surface area (Å²) in [5.41, 5.74) is 0. The molecule has 1 aromatic carbocycles. The summed E-state index contributed by atoms with van der Waals surface area (Å²) in [6.07, 6.45) is 4.84. The van der Waals surface area contributed by atoms with Gasteiger partial charge in [0.2, 0.25) is 0 Å². The number of carbonyl (C=O) groups is 1. The van der Waals surface area contributed by atoms with Gasteiger partial charge in [0.15, 0.2) is 6.61 Å². The predicted octanol–water partition coefficient (Wildman–Crippen LogP) is 3.69. The molecule has 0 aromatic heterocycles. The molecule has 2 saturated heterocycles. The third-order valence-electron chi connectivity index (χ3n) is 5.37. The fraction of sp³-hybridized carbons (Fsp3) is 0.632. The van der Waals surface area contributed by atoms with Gasteiger partial charge in [-0.15, -0.1) is 0 Å². The number of carbonyl (C=O) groups excluding carboxylic acids is 1. The molecular formula is C19H27BrN2O2. The van der Waals surface area contributed by atoms with Crippen LogP contribution < -0.4 is 4.74 Å². The van der Waals surface area contributed by atoms with Gasteiger partial charge in [-0.25, -0.2) is 0 Å². The van der Waals surface area contributed by atoms with E-state index in [0.29, 0.717) is 18.1 Å². The number of benzene rings is 1. The van der Waals surface area contributed by atoms with E-state index in [9.17, 15) is 4.79 Å². The summed E-state index contributed by atoms with van der Waals surface area (Å²) in [6, 6.07) is 9.38. The molecule has 0 bridgehead atoms. The molecule has 0 saturated carbocycles. The molecule has 3 unspecified atom stereocenters. The number of piperidine rings is 1. The van der Waals surface area contributed by atoms with E-state index in [0.717, 1.165) is 29.7 Å². The molecule has 1 aromatic rings. The lowest BCUT2D eigenvalue weighted by Gasteiger charge is -2.41. The predicted molar refractivity (Wildman–Crippen MR) is 99.2 cm³/mol. The van der Waals surface area contributed by atoms with Gasteiger partial charge in [-0.3, -0.25) is 9.69 Å². The molecule has 132 valence electrons. The number of rotatable bonds is 4. The van der Waals surface area contributed by atoms with Gasteiger partial charge in [0, 0.05) is 35.7 Å². The van der Waals surface area contributed by atoms with Gasteiger partial charge in [-0.2, -0.15) is 0 Å². The van der Waals surface area contributed by atoms with E-state index < -0.39 is 0 Å². The summed E-state index contributed by atoms with van der Waals surface area (Å²) in [5.74, 6) is 0.837. The second-order valence-corrected chi connectivity index (χ2v) is 8.02. The molecule has 5 heteroatoms. The van der Waals surface area contributed by atoms with Crippen LogP contribution in [0, 0.1) is 0 Å². The average Bonchev–Trinajstić information content (AvgIpc) is 2.93. The maximum Gasteiger partial charge on any atom is 0.260 e. The van der Waals surface area contributed by atoms with Crippen molar-refractivity contribution in [2.45, 2.75) is 57.7 Å². The maximum atomic E-state index is 12.5. The van der Waals surface area contributed by atoms with Gasteiger partial charge in [-0.05, 0) is 63.8 Å². The Bertz CT molecular complexity index is 553. The van der Waals surface area contributed by atoms with Crippen LogP contribution in [0.5, 0.6) is 5.75 Å². The van der Waals surface area contributed by atoms with E-state index >= 15 is 0 Å². The van der Waals surface area contributed by atoms with Crippen molar-refractivity contribution in [1.82, 2.24) is 9.80 Å². The van der Waals surface area contributed by atoms with Gasteiger partial charge in [-0.1, -0.05) is 15.9 Å². The monoisotopic (exact) mass is 394 g/mol. The summed E-state index contributed by atoms with van der Waals surface area (Å²) in [6.45, 7) is 6.47. The van der Waals surface area contributed by atoms with Crippen molar-refractivity contribution >= 4 is 21.8 Å². The number of halogens is 1. The Morgan fingerprint density at radius 3 is 2.50 bits per heavy atom. The first-order valence-corrected chi connectivity index (χ1v) is 9.77. The first kappa shape index (κ1) is 17.7. The highest BCUT2D eigenvalue weighted by Gasteiger charge is 2.36. The largest absolute Gasteiger partial charge is 0.484 e. The minimum Gasteiger partial charge on any atom is -0.484 e. The molecule has 1 amide bonds. The van der Waals surface area contributed by atoms with Crippen LogP contribution in [-0.2, 0) is 4.79 Å². The average molecular weight is 395 g/mol. The Balaban J connectivity index is 1.54. The quantitative estimate of drug-likeness (QED) is 0.780. The lowest BCUT2D eigenvalue weighted by Crippen LogP contribution is -2.53. The standard InChI is InChI=1S/C19H27BrN2O2/c1-14-5-6-15(2)22(14)17-4-3-11-21(12-17)19(23)13-24-18-9-7-16(20)8-10-18/h7-10,14-15,17H,3-6,11-13H2,1-2H3. The van der Waals surface area contributed by atoms with E-state index in [1.165, 1.54) is 19.3 Å². The summed E-state index contributed by atoms with van der Waals surface area (Å²) < 4.78 is 6.66. The van der Waals surface area contributed by atoms with E-state index in [1.807, 2.05) is 29.2 Å². The minimum atomic E-state index is 0.0992. The highest BCUT2D eigenvalue weighted by atomic mass is 79.9. The third-order valence-corrected chi connectivity index (χ3v) is 5.90. The molecule has 2 heterocycles. The fourth-order valence-electron chi connectivity index (χ4n) is 4.13. The van der Waals surface area contributed by atoms with Gasteiger partial charge in [0.25, 0.3) is 5.91 Å². The Morgan fingerprint density at radius 1 is 1.17 bits per heavy atom. The van der Waals surface area contributed by atoms with Crippen LogP contribution >= 0.6 is 15.9 Å². The Kier molecular flexibility index (Phi) is 5.82. The lowest BCUT2D eigenvalue weighted by molar-refractivity contribution is -0.135. The summed E-state index contributed by atoms with van der Waals surface area (Å²) in [4.78, 5) is 17.2. The topological polar surface area (TPSA) is 32.8 Å². The lowest BCUT2D eigenvalue weighted by atomic mass is 10.0. The second-order valence-electron chi connectivity index (χ2n) is 7.10. The van der Waals surface area contributed by atoms with Crippen molar-refractivity contribution in [3.8, 4) is 5.75 Å². The number of amides is 1. The van der Waals surface area contributed by atoms with Crippen molar-refractivity contribution in [2.75, 3.05) is 19.7 Å². The smallest absolute Gasteiger partial charge is 0.260 e. The van der Waals surface area contributed by atoms with Gasteiger partial charge < -0.3 is 9.64 Å². The van der Waals surface area contributed by atoms with Gasteiger partial charge in [0.1, 0.15) is 5.75 Å². The number of ether oxygens (including phenoxy) is 1. The summed E-state index contributed by atoms with van der Waals surface area (Å²) >= 11 is 3.40. The van der Waals surface area contributed by atoms with Crippen molar-refractivity contribution in [3.05, 3.63) is 28.7 Å². The van der Waals surface area contributed by atoms with Crippen molar-refractivity contribution in [3.63, 3.8) is 0 Å². The van der Waals surface area contributed by atoms with Crippen molar-refractivity contribution in [1.29, 1.82) is 0 Å². The maximum absolute atomic E-state index is 12.5. The second kappa shape index (κ2) is 7.87. The molecule has 0 radical (unpaired) electrons. The van der Waals surface area contributed by atoms with Crippen LogP contribution in [-0.4, -0.2) is 53.5 Å². The Hall–Kier alpha value is -1.07. The molecule has 0 aliphatic carbocycles. The first-order valence-electron chi connectivity index (χ1n) is 8.98. The molecule has 0 N–H and O–H groups in total. The van der Waals surface area contributed by atoms with Gasteiger partial charge >= 0.3 is 0 Å². The number of nitrogens with zero attached hydrogens (tertiary/aromatic N) is 2. The van der Waals surface area contributed by atoms with E-state index in [-0.39, 0.29) is 12.5 Å². The molecule has 2 aliphatic rings. The molecule has 4 nitrogen and oxygen atoms in total. The number of hydrogen-bond acceptors (Lipinski definition) is 3. The van der Waals surface area contributed by atoms with Gasteiger partial charge in [0.05, 0.1) is 0 Å². The fourth-order valence-corrected chi connectivity index (χ4v) is 4.39. The highest BCUT2D eigenvalue weighted by Crippen LogP contribution is 2.29. The van der Waals surface area contributed by atoms with Crippen LogP contribution in [0.25, 0.3) is 0 Å². The Labute approximate surface area is 153 Å². The molecule has 3 atom stereocenters. The van der Waals surface area contributed by atoms with E-state index in [4.69, 9.17) is 4.74 Å². The van der Waals surface area contributed by atoms with E-state index in [1.54, 1.807) is 0 Å². The normalized spacial score (nSPS) is 28.1. The van der Waals surface area contributed by atoms with E-state index in [2.05, 4.69) is 34.7 Å². The zero-order chi connectivity index (χ0) is 17.1. The van der Waals surface area contributed by atoms with Crippen LogP contribution in [0.4, 0.5) is 0 Å². The molecule has 3 rings (SSSR count). The van der Waals surface area contributed by atoms with Crippen molar-refractivity contribution in [2.24, 2.45) is 0 Å². The number of likely N-dealkylation sites (tertiary alicyclic amines) is 2. The molecule has 24 heavy (non-hydrogen) atoms. The SMILES string of the molecule is CC1CCC(C)N1C1CCCN(C(=O)COc2ccc(Br)cc2)C1. The molecular weight excluding hydrogens is 368 g/mol. The third kappa shape index (κ3) is 4.12. The summed E-state index contributed by atoms with van der Waals surface area (Å²) in [5, 5.41) is 0. The first-order chi connectivity index (χ1) is 11.5. The number of hydrogen-bond donors (Lipinski definition) is 0. The molecule has 0 spiro atoms. The Morgan fingerprint density at radius 2 is 1.83 bits per heavy atom. The highest BCUT2D eigenvalue weighted by molar-refractivity contribution is 9.10.